The fourth-order valence-electron chi connectivity index (χ4n) is 7.45. The molecule has 0 radical (unpaired) electrons. The molecule has 2 aliphatic heterocycles. The van der Waals surface area contributed by atoms with Crippen molar-refractivity contribution in [2.75, 3.05) is 41.8 Å². The molecule has 214 valence electrons. The van der Waals surface area contributed by atoms with E-state index in [0.29, 0.717) is 17.4 Å². The number of oxime groups is 1. The summed E-state index contributed by atoms with van der Waals surface area (Å²) in [4.78, 5) is 34.1. The number of hydrogen-bond acceptors (Lipinski definition) is 9. The summed E-state index contributed by atoms with van der Waals surface area (Å²) in [5, 5.41) is 12.3. The molecule has 42 heavy (non-hydrogen) atoms. The van der Waals surface area contributed by atoms with E-state index in [1.54, 1.807) is 0 Å². The highest BCUT2D eigenvalue weighted by Crippen LogP contribution is 2.57. The Morgan fingerprint density at radius 1 is 1.00 bits per heavy atom. The fourth-order valence-corrected chi connectivity index (χ4v) is 7.45. The summed E-state index contributed by atoms with van der Waals surface area (Å²) in [6, 6.07) is 20.0. The summed E-state index contributed by atoms with van der Waals surface area (Å²) < 4.78 is 5.47. The Bertz CT molecular complexity index is 1650. The number of H-pyrrole nitrogens is 1. The summed E-state index contributed by atoms with van der Waals surface area (Å²) in [6.07, 6.45) is 2.58. The van der Waals surface area contributed by atoms with Crippen molar-refractivity contribution in [1.82, 2.24) is 15.0 Å². The number of morpholine rings is 1. The van der Waals surface area contributed by atoms with Gasteiger partial charge in [0.25, 0.3) is 0 Å². The van der Waals surface area contributed by atoms with Crippen molar-refractivity contribution in [3.8, 4) is 0 Å². The number of primary amides is 1. The van der Waals surface area contributed by atoms with Gasteiger partial charge < -0.3 is 35.8 Å². The lowest BCUT2D eigenvalue weighted by Gasteiger charge is -2.36. The van der Waals surface area contributed by atoms with Crippen molar-refractivity contribution >= 4 is 45.8 Å². The molecule has 4 aliphatic rings. The molecule has 2 aromatic carbocycles. The van der Waals surface area contributed by atoms with Gasteiger partial charge in [0.1, 0.15) is 17.6 Å². The molecular weight excluding hydrogens is 532 g/mol. The minimum Gasteiger partial charge on any atom is -0.391 e. The van der Waals surface area contributed by atoms with Crippen LogP contribution in [0.25, 0.3) is 11.0 Å². The van der Waals surface area contributed by atoms with Gasteiger partial charge in [-0.25, -0.2) is 0 Å². The Morgan fingerprint density at radius 3 is 2.60 bits per heavy atom. The van der Waals surface area contributed by atoms with E-state index in [4.69, 9.17) is 25.3 Å². The smallest absolute Gasteiger partial charge is 0.231 e. The molecule has 11 nitrogen and oxygen atoms in total. The van der Waals surface area contributed by atoms with Gasteiger partial charge in [-0.05, 0) is 48.2 Å². The number of amides is 1. The van der Waals surface area contributed by atoms with Gasteiger partial charge in [0.15, 0.2) is 0 Å². The number of fused-ring (bicyclic) bond motifs is 6. The average molecular weight is 565 g/mol. The molecule has 4 heterocycles. The number of carbonyl (C=O) groups is 1. The first kappa shape index (κ1) is 25.1. The number of carbonyl (C=O) groups excluding carboxylic acids is 1. The van der Waals surface area contributed by atoms with E-state index < -0.39 is 0 Å². The van der Waals surface area contributed by atoms with Crippen LogP contribution in [0.4, 0.5) is 23.1 Å². The van der Waals surface area contributed by atoms with Crippen LogP contribution >= 0.6 is 0 Å². The number of rotatable bonds is 7. The summed E-state index contributed by atoms with van der Waals surface area (Å²) >= 11 is 0. The van der Waals surface area contributed by atoms with Gasteiger partial charge in [0.05, 0.1) is 30.2 Å². The molecule has 2 aliphatic carbocycles. The first-order valence-electron chi connectivity index (χ1n) is 14.5. The average Bonchev–Trinajstić information content (AvgIpc) is 3.80. The van der Waals surface area contributed by atoms with Crippen LogP contribution in [0, 0.1) is 23.7 Å². The highest BCUT2D eigenvalue weighted by Gasteiger charge is 2.64. The summed E-state index contributed by atoms with van der Waals surface area (Å²) in [7, 11) is 0. The lowest BCUT2D eigenvalue weighted by atomic mass is 9.72. The van der Waals surface area contributed by atoms with Crippen LogP contribution in [0.15, 0.2) is 72.0 Å². The molecule has 2 bridgehead atoms. The zero-order valence-corrected chi connectivity index (χ0v) is 22.9. The monoisotopic (exact) mass is 564 g/mol. The molecular formula is C31H32N8O3. The van der Waals surface area contributed by atoms with Crippen molar-refractivity contribution in [2.45, 2.75) is 18.6 Å². The topological polar surface area (TPSA) is 143 Å². The highest BCUT2D eigenvalue weighted by molar-refractivity contribution is 6.04. The number of benzene rings is 2. The largest absolute Gasteiger partial charge is 0.391 e. The second-order valence-corrected chi connectivity index (χ2v) is 11.5. The molecule has 4 aromatic rings. The van der Waals surface area contributed by atoms with E-state index in [1.165, 1.54) is 0 Å². The maximum atomic E-state index is 12.9. The standard InChI is InChI=1S/C31H32N8O3/c32-28(40)24-21-16-22(27-23(21)25(38-42-27)17-4-2-1-3-5-17)26(24)35-30-20-10-11-33-29(20)36-31(37-30)34-18-6-8-19(9-7-18)39-12-14-41-15-13-39/h1-11,21-24,26-27H,12-16H2,(H2,32,40)(H3,33,34,35,36,37). The Morgan fingerprint density at radius 2 is 1.81 bits per heavy atom. The quantitative estimate of drug-likeness (QED) is 0.267. The van der Waals surface area contributed by atoms with E-state index in [-0.39, 0.29) is 41.7 Å². The number of nitrogens with one attached hydrogen (secondary N) is 3. The molecule has 1 saturated heterocycles. The SMILES string of the molecule is NC(=O)C1C2CC(C1Nc1nc(Nc3ccc(N4CCOCC4)cc3)nc3[nH]ccc13)C1ON=C(c3ccccc3)C21. The van der Waals surface area contributed by atoms with Gasteiger partial charge in [-0.2, -0.15) is 9.97 Å². The number of aromatic amines is 1. The van der Waals surface area contributed by atoms with Crippen molar-refractivity contribution in [3.05, 3.63) is 72.4 Å². The van der Waals surface area contributed by atoms with Crippen LogP contribution in [-0.2, 0) is 14.4 Å². The number of ether oxygens (including phenoxy) is 1. The summed E-state index contributed by atoms with van der Waals surface area (Å²) in [5.74, 6) is 0.573. The fraction of sp³-hybridized carbons (Fsp3) is 0.355. The Hall–Kier alpha value is -4.64. The van der Waals surface area contributed by atoms with Crippen LogP contribution in [0.2, 0.25) is 0 Å². The molecule has 6 unspecified atom stereocenters. The Kier molecular flexibility index (Phi) is 5.99. The van der Waals surface area contributed by atoms with Gasteiger partial charge in [0, 0.05) is 48.5 Å². The van der Waals surface area contributed by atoms with E-state index >= 15 is 0 Å². The van der Waals surface area contributed by atoms with Gasteiger partial charge in [-0.3, -0.25) is 4.79 Å². The third-order valence-electron chi connectivity index (χ3n) is 9.30. The van der Waals surface area contributed by atoms with E-state index in [1.807, 2.05) is 54.7 Å². The molecule has 1 amide bonds. The molecule has 6 atom stereocenters. The zero-order valence-electron chi connectivity index (χ0n) is 22.9. The van der Waals surface area contributed by atoms with Crippen molar-refractivity contribution in [2.24, 2.45) is 34.6 Å². The zero-order chi connectivity index (χ0) is 28.2. The van der Waals surface area contributed by atoms with Crippen molar-refractivity contribution in [3.63, 3.8) is 0 Å². The maximum absolute atomic E-state index is 12.9. The number of nitrogens with zero attached hydrogens (tertiary/aromatic N) is 4. The number of aromatic nitrogens is 3. The van der Waals surface area contributed by atoms with Crippen LogP contribution in [-0.4, -0.2) is 65.0 Å². The van der Waals surface area contributed by atoms with Crippen LogP contribution < -0.4 is 21.3 Å². The predicted octanol–water partition coefficient (Wildman–Crippen LogP) is 3.49. The first-order valence-corrected chi connectivity index (χ1v) is 14.5. The minimum atomic E-state index is -0.375. The maximum Gasteiger partial charge on any atom is 0.231 e. The van der Waals surface area contributed by atoms with Crippen molar-refractivity contribution in [1.29, 1.82) is 0 Å². The Balaban J connectivity index is 1.05. The second kappa shape index (κ2) is 10.0. The van der Waals surface area contributed by atoms with Crippen LogP contribution in [0.5, 0.6) is 0 Å². The van der Waals surface area contributed by atoms with Gasteiger partial charge in [-0.15, -0.1) is 0 Å². The Labute approximate surface area is 242 Å². The molecule has 3 fully saturated rings. The van der Waals surface area contributed by atoms with Gasteiger partial charge in [0.2, 0.25) is 11.9 Å². The van der Waals surface area contributed by atoms with Gasteiger partial charge in [-0.1, -0.05) is 35.5 Å². The summed E-state index contributed by atoms with van der Waals surface area (Å²) in [5.41, 5.74) is 10.8. The molecule has 0 spiro atoms. The first-order chi connectivity index (χ1) is 20.6. The number of hydrogen-bond donors (Lipinski definition) is 4. The molecule has 2 aromatic heterocycles. The number of nitrogens with two attached hydrogens (primary N) is 1. The lowest BCUT2D eigenvalue weighted by molar-refractivity contribution is -0.125. The van der Waals surface area contributed by atoms with E-state index in [2.05, 4.69) is 37.8 Å². The highest BCUT2D eigenvalue weighted by atomic mass is 16.6. The van der Waals surface area contributed by atoms with Crippen molar-refractivity contribution < 1.29 is 14.4 Å². The lowest BCUT2D eigenvalue weighted by Crippen LogP contribution is -2.51. The van der Waals surface area contributed by atoms with Gasteiger partial charge >= 0.3 is 0 Å². The van der Waals surface area contributed by atoms with Crippen LogP contribution in [0.3, 0.4) is 0 Å². The second-order valence-electron chi connectivity index (χ2n) is 11.5. The normalized spacial score (nSPS) is 27.9. The van der Waals surface area contributed by atoms with Crippen LogP contribution in [0.1, 0.15) is 12.0 Å². The third kappa shape index (κ3) is 4.14. The predicted molar refractivity (Wildman–Crippen MR) is 160 cm³/mol. The molecule has 11 heteroatoms. The summed E-state index contributed by atoms with van der Waals surface area (Å²) in [6.45, 7) is 3.26. The van der Waals surface area contributed by atoms with E-state index in [0.717, 1.165) is 60.8 Å². The third-order valence-corrected chi connectivity index (χ3v) is 9.30. The molecule has 2 saturated carbocycles. The minimum absolute atomic E-state index is 0.0441. The molecule has 5 N–H and O–H groups in total. The molecule has 8 rings (SSSR count). The number of anilines is 4. The van der Waals surface area contributed by atoms with E-state index in [9.17, 15) is 4.79 Å².